The van der Waals surface area contributed by atoms with Crippen LogP contribution in [-0.2, 0) is 4.79 Å². The van der Waals surface area contributed by atoms with Gasteiger partial charge >= 0.3 is 6.03 Å². The van der Waals surface area contributed by atoms with Gasteiger partial charge in [0.1, 0.15) is 23.7 Å². The van der Waals surface area contributed by atoms with E-state index in [1.807, 2.05) is 11.0 Å². The Bertz CT molecular complexity index is 1460. The third-order valence-corrected chi connectivity index (χ3v) is 7.30. The van der Waals surface area contributed by atoms with Gasteiger partial charge in [0.05, 0.1) is 22.8 Å². The molecule has 41 heavy (non-hydrogen) atoms. The summed E-state index contributed by atoms with van der Waals surface area (Å²) in [6.07, 6.45) is 7.02. The molecule has 2 N–H and O–H groups in total. The van der Waals surface area contributed by atoms with E-state index in [1.54, 1.807) is 37.2 Å². The van der Waals surface area contributed by atoms with Gasteiger partial charge in [-0.15, -0.1) is 0 Å². The van der Waals surface area contributed by atoms with E-state index in [0.717, 1.165) is 25.9 Å². The molecule has 1 aromatic heterocycles. The van der Waals surface area contributed by atoms with Crippen LogP contribution in [0.25, 0.3) is 10.9 Å². The minimum absolute atomic E-state index is 0.00667. The van der Waals surface area contributed by atoms with Crippen LogP contribution in [0.2, 0.25) is 5.02 Å². The van der Waals surface area contributed by atoms with E-state index >= 15 is 0 Å². The highest BCUT2D eigenvalue weighted by atomic mass is 35.5. The number of urea groups is 1. The summed E-state index contributed by atoms with van der Waals surface area (Å²) < 4.78 is 19.7. The van der Waals surface area contributed by atoms with E-state index in [9.17, 15) is 14.0 Å². The lowest BCUT2D eigenvalue weighted by atomic mass is 10.1. The second-order valence-corrected chi connectivity index (χ2v) is 10.9. The lowest BCUT2D eigenvalue weighted by Gasteiger charge is -2.35. The number of rotatable bonds is 9. The van der Waals surface area contributed by atoms with Crippen LogP contribution in [-0.4, -0.2) is 90.0 Å². The van der Waals surface area contributed by atoms with Crippen LogP contribution in [0.15, 0.2) is 48.8 Å². The van der Waals surface area contributed by atoms with Crippen molar-refractivity contribution in [2.75, 3.05) is 64.1 Å². The van der Waals surface area contributed by atoms with Crippen molar-refractivity contribution in [1.29, 1.82) is 0 Å². The maximum Gasteiger partial charge on any atom is 0.319 e. The molecule has 2 heterocycles. The van der Waals surface area contributed by atoms with E-state index in [2.05, 4.69) is 25.5 Å². The van der Waals surface area contributed by atoms with Gasteiger partial charge in [-0.2, -0.15) is 0 Å². The zero-order valence-electron chi connectivity index (χ0n) is 23.1. The second-order valence-electron chi connectivity index (χ2n) is 10.5. The van der Waals surface area contributed by atoms with Crippen molar-refractivity contribution >= 4 is 51.6 Å². The average Bonchev–Trinajstić information content (AvgIpc) is 3.79. The van der Waals surface area contributed by atoms with Crippen LogP contribution in [0.1, 0.15) is 12.8 Å². The van der Waals surface area contributed by atoms with Gasteiger partial charge < -0.3 is 25.2 Å². The summed E-state index contributed by atoms with van der Waals surface area (Å²) in [5.74, 6) is 0.723. The number of halogens is 2. The normalized spacial score (nSPS) is 15.8. The number of aromatic nitrogens is 2. The molecule has 216 valence electrons. The topological polar surface area (TPSA) is 103 Å². The van der Waals surface area contributed by atoms with Crippen LogP contribution in [0.3, 0.4) is 0 Å². The number of hydrogen-bond acceptors (Lipinski definition) is 7. The molecule has 0 radical (unpaired) electrons. The molecule has 10 nitrogen and oxygen atoms in total. The highest BCUT2D eigenvalue weighted by Crippen LogP contribution is 2.36. The highest BCUT2D eigenvalue weighted by molar-refractivity contribution is 6.31. The fourth-order valence-corrected chi connectivity index (χ4v) is 4.67. The fourth-order valence-electron chi connectivity index (χ4n) is 4.49. The SMILES string of the molecule is CN(C)C(=O)N1CCN(C/C=C/C(=O)Nc2cc3c(Nc4ccc(F)c(Cl)c4)ncnc3cc2OCC2CC2)CC1. The smallest absolute Gasteiger partial charge is 0.319 e. The molecule has 3 amide bonds. The number of nitrogens with one attached hydrogen (secondary N) is 2. The van der Waals surface area contributed by atoms with Crippen molar-refractivity contribution in [3.05, 3.63) is 59.7 Å². The first-order valence-electron chi connectivity index (χ1n) is 13.6. The van der Waals surface area contributed by atoms with E-state index in [4.69, 9.17) is 16.3 Å². The summed E-state index contributed by atoms with van der Waals surface area (Å²) in [6.45, 7) is 3.95. The predicted octanol–water partition coefficient (Wildman–Crippen LogP) is 4.75. The number of fused-ring (bicyclic) bond motifs is 1. The Morgan fingerprint density at radius 1 is 1.15 bits per heavy atom. The molecule has 1 aliphatic carbocycles. The first kappa shape index (κ1) is 28.6. The summed E-state index contributed by atoms with van der Waals surface area (Å²) in [4.78, 5) is 39.4. The first-order chi connectivity index (χ1) is 19.8. The van der Waals surface area contributed by atoms with Crippen molar-refractivity contribution < 1.29 is 18.7 Å². The Balaban J connectivity index is 1.29. The van der Waals surface area contributed by atoms with Crippen LogP contribution in [0.5, 0.6) is 5.75 Å². The van der Waals surface area contributed by atoms with Gasteiger partial charge in [-0.1, -0.05) is 17.7 Å². The molecule has 2 aromatic carbocycles. The standard InChI is InChI=1S/C29H33ClFN7O3/c1-36(2)29(40)38-12-10-37(11-13-38)9-3-4-27(39)35-25-15-21-24(16-26(25)41-17-19-5-6-19)32-18-33-28(21)34-20-7-8-23(31)22(30)14-20/h3-4,7-8,14-16,18-19H,5-6,9-13,17H2,1-2H3,(H,35,39)(H,32,33,34)/b4-3+. The zero-order chi connectivity index (χ0) is 28.9. The maximum atomic E-state index is 13.6. The van der Waals surface area contributed by atoms with Crippen molar-refractivity contribution in [1.82, 2.24) is 24.7 Å². The molecular weight excluding hydrogens is 549 g/mol. The van der Waals surface area contributed by atoms with Gasteiger partial charge in [-0.05, 0) is 43.0 Å². The monoisotopic (exact) mass is 581 g/mol. The quantitative estimate of drug-likeness (QED) is 0.352. The molecule has 0 unspecified atom stereocenters. The molecule has 3 aromatic rings. The van der Waals surface area contributed by atoms with Gasteiger partial charge in [0.15, 0.2) is 0 Å². The van der Waals surface area contributed by atoms with E-state index < -0.39 is 5.82 Å². The van der Waals surface area contributed by atoms with Gasteiger partial charge in [-0.25, -0.2) is 19.2 Å². The van der Waals surface area contributed by atoms with E-state index in [-0.39, 0.29) is 17.0 Å². The van der Waals surface area contributed by atoms with Crippen molar-refractivity contribution in [2.24, 2.45) is 5.92 Å². The summed E-state index contributed by atoms with van der Waals surface area (Å²) in [6, 6.07) is 7.90. The van der Waals surface area contributed by atoms with Gasteiger partial charge in [-0.3, -0.25) is 9.69 Å². The fraction of sp³-hybridized carbons (Fsp3) is 0.379. The lowest BCUT2D eigenvalue weighted by molar-refractivity contribution is -0.111. The number of nitrogens with zero attached hydrogens (tertiary/aromatic N) is 5. The van der Waals surface area contributed by atoms with Crippen LogP contribution < -0.4 is 15.4 Å². The molecule has 5 rings (SSSR count). The summed E-state index contributed by atoms with van der Waals surface area (Å²) in [7, 11) is 3.50. The Labute approximate surface area is 243 Å². The summed E-state index contributed by atoms with van der Waals surface area (Å²) in [5, 5.41) is 6.75. The van der Waals surface area contributed by atoms with E-state index in [0.29, 0.717) is 66.0 Å². The molecule has 1 saturated carbocycles. The Morgan fingerprint density at radius 2 is 1.93 bits per heavy atom. The Kier molecular flexibility index (Phi) is 8.84. The first-order valence-corrected chi connectivity index (χ1v) is 13.9. The molecule has 0 atom stereocenters. The minimum atomic E-state index is -0.512. The lowest BCUT2D eigenvalue weighted by Crippen LogP contribution is -2.51. The number of hydrogen-bond donors (Lipinski definition) is 2. The maximum absolute atomic E-state index is 13.6. The molecular formula is C29H33ClFN7O3. The predicted molar refractivity (Wildman–Crippen MR) is 157 cm³/mol. The van der Waals surface area contributed by atoms with Gasteiger partial charge in [0, 0.05) is 70.0 Å². The van der Waals surface area contributed by atoms with Crippen molar-refractivity contribution in [2.45, 2.75) is 12.8 Å². The number of anilines is 3. The van der Waals surface area contributed by atoms with E-state index in [1.165, 1.54) is 24.5 Å². The Hall–Kier alpha value is -3.96. The Morgan fingerprint density at radius 3 is 2.63 bits per heavy atom. The number of carbonyl (C=O) groups is 2. The largest absolute Gasteiger partial charge is 0.491 e. The van der Waals surface area contributed by atoms with Crippen LogP contribution in [0.4, 0.5) is 26.4 Å². The highest BCUT2D eigenvalue weighted by Gasteiger charge is 2.24. The third kappa shape index (κ3) is 7.42. The summed E-state index contributed by atoms with van der Waals surface area (Å²) in [5.41, 5.74) is 1.69. The average molecular weight is 582 g/mol. The number of amides is 3. The summed E-state index contributed by atoms with van der Waals surface area (Å²) >= 11 is 5.95. The second kappa shape index (κ2) is 12.7. The van der Waals surface area contributed by atoms with Gasteiger partial charge in [0.25, 0.3) is 0 Å². The molecule has 0 spiro atoms. The van der Waals surface area contributed by atoms with Crippen LogP contribution in [0, 0.1) is 11.7 Å². The molecule has 1 aliphatic heterocycles. The van der Waals surface area contributed by atoms with Crippen molar-refractivity contribution in [3.63, 3.8) is 0 Å². The molecule has 1 saturated heterocycles. The molecule has 2 fully saturated rings. The zero-order valence-corrected chi connectivity index (χ0v) is 23.8. The molecule has 2 aliphatic rings. The third-order valence-electron chi connectivity index (χ3n) is 7.01. The van der Waals surface area contributed by atoms with Crippen LogP contribution >= 0.6 is 11.6 Å². The van der Waals surface area contributed by atoms with Crippen molar-refractivity contribution in [3.8, 4) is 5.75 Å². The number of benzene rings is 2. The number of piperazine rings is 1. The number of carbonyl (C=O) groups excluding carboxylic acids is 2. The van der Waals surface area contributed by atoms with Gasteiger partial charge in [0.2, 0.25) is 5.91 Å². The minimum Gasteiger partial charge on any atom is -0.491 e. The molecule has 12 heteroatoms. The molecule has 0 bridgehead atoms. The number of ether oxygens (including phenoxy) is 1.